The molecule has 2 aliphatic rings. The van der Waals surface area contributed by atoms with Gasteiger partial charge in [0.25, 0.3) is 17.2 Å². The molecule has 0 atom stereocenters. The molecule has 0 unspecified atom stereocenters. The monoisotopic (exact) mass is 435 g/mol. The minimum Gasteiger partial charge on any atom is -0.333 e. The van der Waals surface area contributed by atoms with Crippen LogP contribution < -0.4 is 25.1 Å². The Morgan fingerprint density at radius 3 is 2.77 bits per heavy atom. The molecule has 3 aromatic rings. The molecule has 0 aliphatic carbocycles. The minimum absolute atomic E-state index is 0.0258. The number of nitro benzene ring substituents is 1. The fraction of sp³-hybridized carbons (Fsp3) is 0.190. The van der Waals surface area contributed by atoms with Gasteiger partial charge >= 0.3 is 0 Å². The smallest absolute Gasteiger partial charge is 0.272 e. The van der Waals surface area contributed by atoms with E-state index in [2.05, 4.69) is 10.3 Å². The first-order chi connectivity index (χ1) is 14.8. The van der Waals surface area contributed by atoms with Crippen molar-refractivity contribution in [1.29, 1.82) is 0 Å². The SMILES string of the molecule is Cc1cc(C)c2c(c1)C(=c1sc3n(c1=O)CN(c1cccc([N+](=O)[O-])c1)CN=3)C(=O)N2. The molecule has 31 heavy (non-hydrogen) atoms. The van der Waals surface area contributed by atoms with Crippen molar-refractivity contribution in [1.82, 2.24) is 4.57 Å². The summed E-state index contributed by atoms with van der Waals surface area (Å²) in [6.07, 6.45) is 0. The maximum absolute atomic E-state index is 13.3. The predicted octanol–water partition coefficient (Wildman–Crippen LogP) is 1.64. The van der Waals surface area contributed by atoms with Gasteiger partial charge in [0.2, 0.25) is 0 Å². The maximum atomic E-state index is 13.3. The van der Waals surface area contributed by atoms with E-state index in [4.69, 9.17) is 0 Å². The molecule has 1 aromatic heterocycles. The van der Waals surface area contributed by atoms with E-state index in [1.165, 1.54) is 28.0 Å². The zero-order chi connectivity index (χ0) is 21.9. The molecule has 0 radical (unpaired) electrons. The molecule has 10 heteroatoms. The molecular weight excluding hydrogens is 418 g/mol. The van der Waals surface area contributed by atoms with Crippen molar-refractivity contribution in [2.45, 2.75) is 20.5 Å². The number of thiazole rings is 1. The average Bonchev–Trinajstić information content (AvgIpc) is 3.24. The Bertz CT molecular complexity index is 1470. The topological polar surface area (TPSA) is 110 Å². The summed E-state index contributed by atoms with van der Waals surface area (Å²) < 4.78 is 1.85. The lowest BCUT2D eigenvalue weighted by molar-refractivity contribution is -0.384. The molecule has 0 saturated heterocycles. The van der Waals surface area contributed by atoms with E-state index in [9.17, 15) is 19.7 Å². The van der Waals surface area contributed by atoms with Crippen LogP contribution >= 0.6 is 11.3 Å². The number of aromatic nitrogens is 1. The summed E-state index contributed by atoms with van der Waals surface area (Å²) in [6.45, 7) is 4.33. The average molecular weight is 435 g/mol. The van der Waals surface area contributed by atoms with E-state index in [0.717, 1.165) is 22.4 Å². The first-order valence-corrected chi connectivity index (χ1v) is 10.4. The number of hydrogen-bond donors (Lipinski definition) is 1. The molecule has 2 aromatic carbocycles. The van der Waals surface area contributed by atoms with Crippen LogP contribution in [0, 0.1) is 24.0 Å². The number of aryl methyl sites for hydroxylation is 2. The summed E-state index contributed by atoms with van der Waals surface area (Å²) in [6, 6.07) is 10.1. The van der Waals surface area contributed by atoms with Gasteiger partial charge in [-0.05, 0) is 31.5 Å². The van der Waals surface area contributed by atoms with Crippen molar-refractivity contribution in [3.8, 4) is 0 Å². The van der Waals surface area contributed by atoms with Crippen LogP contribution in [0.4, 0.5) is 17.1 Å². The van der Waals surface area contributed by atoms with Gasteiger partial charge in [0.05, 0.1) is 16.2 Å². The Morgan fingerprint density at radius 2 is 2.00 bits per heavy atom. The van der Waals surface area contributed by atoms with Crippen molar-refractivity contribution in [2.75, 3.05) is 16.9 Å². The number of non-ortho nitro benzene ring substituents is 1. The van der Waals surface area contributed by atoms with Crippen LogP contribution in [0.15, 0.2) is 46.2 Å². The molecule has 3 heterocycles. The first kappa shape index (κ1) is 19.2. The van der Waals surface area contributed by atoms with Crippen LogP contribution in [0.2, 0.25) is 0 Å². The van der Waals surface area contributed by atoms with Crippen LogP contribution in [0.25, 0.3) is 5.57 Å². The van der Waals surface area contributed by atoms with E-state index in [1.54, 1.807) is 17.0 Å². The molecule has 1 amide bonds. The van der Waals surface area contributed by atoms with Gasteiger partial charge in [-0.3, -0.25) is 24.3 Å². The number of rotatable bonds is 2. The van der Waals surface area contributed by atoms with Gasteiger partial charge in [-0.15, -0.1) is 0 Å². The number of nitro groups is 1. The molecule has 9 nitrogen and oxygen atoms in total. The summed E-state index contributed by atoms with van der Waals surface area (Å²) in [5, 5.41) is 14.0. The van der Waals surface area contributed by atoms with Crippen molar-refractivity contribution in [2.24, 2.45) is 4.99 Å². The normalized spacial score (nSPS) is 16.5. The molecule has 2 aliphatic heterocycles. The zero-order valence-corrected chi connectivity index (χ0v) is 17.5. The van der Waals surface area contributed by atoms with Crippen molar-refractivity contribution >= 4 is 39.9 Å². The third-order valence-corrected chi connectivity index (χ3v) is 6.51. The summed E-state index contributed by atoms with van der Waals surface area (Å²) >= 11 is 1.19. The molecule has 0 saturated carbocycles. The van der Waals surface area contributed by atoms with Crippen LogP contribution in [0.1, 0.15) is 16.7 Å². The highest BCUT2D eigenvalue weighted by molar-refractivity contribution is 7.07. The third kappa shape index (κ3) is 3.03. The number of amides is 1. The number of benzene rings is 2. The predicted molar refractivity (Wildman–Crippen MR) is 117 cm³/mol. The number of nitrogens with one attached hydrogen (secondary N) is 1. The quantitative estimate of drug-likeness (QED) is 0.486. The van der Waals surface area contributed by atoms with Crippen LogP contribution in [0.3, 0.4) is 0 Å². The second-order valence-corrected chi connectivity index (χ2v) is 8.52. The summed E-state index contributed by atoms with van der Waals surface area (Å²) in [5.74, 6) is -0.296. The van der Waals surface area contributed by atoms with Crippen molar-refractivity contribution in [3.63, 3.8) is 0 Å². The standard InChI is InChI=1S/C21H17N5O4S/c1-11-6-12(2)17-15(7-11)16(19(27)23-17)18-20(28)25-10-24(9-22-21(25)31-18)13-4-3-5-14(8-13)26(29)30/h3-8H,9-10H2,1-2H3,(H,23,27). The van der Waals surface area contributed by atoms with Gasteiger partial charge in [-0.25, -0.2) is 4.99 Å². The Kier molecular flexibility index (Phi) is 4.26. The lowest BCUT2D eigenvalue weighted by atomic mass is 10.0. The number of carbonyl (C=O) groups excluding carboxylic acids is 1. The minimum atomic E-state index is -0.457. The second kappa shape index (κ2) is 6.88. The van der Waals surface area contributed by atoms with E-state index in [0.29, 0.717) is 20.6 Å². The maximum Gasteiger partial charge on any atom is 0.272 e. The van der Waals surface area contributed by atoms with Crippen molar-refractivity contribution < 1.29 is 9.72 Å². The van der Waals surface area contributed by atoms with E-state index in [1.807, 2.05) is 26.0 Å². The molecule has 156 valence electrons. The molecule has 0 fully saturated rings. The highest BCUT2D eigenvalue weighted by atomic mass is 32.1. The molecule has 1 N–H and O–H groups in total. The summed E-state index contributed by atoms with van der Waals surface area (Å²) in [5.41, 5.74) is 4.07. The Balaban J connectivity index is 1.63. The molecule has 0 spiro atoms. The van der Waals surface area contributed by atoms with Gasteiger partial charge in [0.1, 0.15) is 17.9 Å². The van der Waals surface area contributed by atoms with Gasteiger partial charge in [-0.1, -0.05) is 29.0 Å². The second-order valence-electron chi connectivity index (χ2n) is 7.54. The molecule has 0 bridgehead atoms. The number of hydrogen-bond acceptors (Lipinski definition) is 7. The Hall–Kier alpha value is -3.79. The molecular formula is C21H17N5O4S. The number of anilines is 2. The fourth-order valence-corrected chi connectivity index (χ4v) is 5.04. The highest BCUT2D eigenvalue weighted by Crippen LogP contribution is 2.33. The van der Waals surface area contributed by atoms with E-state index < -0.39 is 4.92 Å². The lowest BCUT2D eigenvalue weighted by Gasteiger charge is -2.25. The third-order valence-electron chi connectivity index (χ3n) is 5.40. The Morgan fingerprint density at radius 1 is 1.19 bits per heavy atom. The summed E-state index contributed by atoms with van der Waals surface area (Å²) in [4.78, 5) is 43.4. The number of nitrogens with zero attached hydrogens (tertiary/aromatic N) is 4. The highest BCUT2D eigenvalue weighted by Gasteiger charge is 2.29. The zero-order valence-electron chi connectivity index (χ0n) is 16.7. The number of carbonyl (C=O) groups is 1. The number of fused-ring (bicyclic) bond motifs is 2. The van der Waals surface area contributed by atoms with Gasteiger partial charge < -0.3 is 10.2 Å². The lowest BCUT2D eigenvalue weighted by Crippen LogP contribution is -2.43. The van der Waals surface area contributed by atoms with Crippen molar-refractivity contribution in [3.05, 3.63) is 82.9 Å². The molecule has 5 rings (SSSR count). The Labute approximate surface area is 179 Å². The van der Waals surface area contributed by atoms with Gasteiger partial charge in [0, 0.05) is 23.4 Å². The van der Waals surface area contributed by atoms with Crippen LogP contribution in [-0.4, -0.2) is 22.1 Å². The first-order valence-electron chi connectivity index (χ1n) is 9.54. The largest absolute Gasteiger partial charge is 0.333 e. The van der Waals surface area contributed by atoms with Gasteiger partial charge in [-0.2, -0.15) is 0 Å². The van der Waals surface area contributed by atoms with Gasteiger partial charge in [0.15, 0.2) is 4.80 Å². The van der Waals surface area contributed by atoms with Crippen LogP contribution in [0.5, 0.6) is 0 Å². The fourth-order valence-electron chi connectivity index (χ4n) is 3.98. The van der Waals surface area contributed by atoms with E-state index in [-0.39, 0.29) is 30.5 Å². The van der Waals surface area contributed by atoms with Crippen LogP contribution in [-0.2, 0) is 11.5 Å². The summed E-state index contributed by atoms with van der Waals surface area (Å²) in [7, 11) is 0. The van der Waals surface area contributed by atoms with E-state index >= 15 is 0 Å².